The van der Waals surface area contributed by atoms with Gasteiger partial charge in [-0.2, -0.15) is 5.10 Å². The van der Waals surface area contributed by atoms with E-state index in [1.165, 1.54) is 17.5 Å². The van der Waals surface area contributed by atoms with Gasteiger partial charge in [-0.25, -0.2) is 14.3 Å². The van der Waals surface area contributed by atoms with Gasteiger partial charge in [0.15, 0.2) is 0 Å². The first-order chi connectivity index (χ1) is 11.5. The molecular formula is C16H16N4O3S. The molecule has 0 fully saturated rings. The van der Waals surface area contributed by atoms with Crippen molar-refractivity contribution in [1.29, 1.82) is 0 Å². The van der Waals surface area contributed by atoms with E-state index >= 15 is 0 Å². The van der Waals surface area contributed by atoms with Gasteiger partial charge >= 0.3 is 5.97 Å². The number of ether oxygens (including phenoxy) is 1. The maximum Gasteiger partial charge on any atom is 0.341 e. The highest BCUT2D eigenvalue weighted by Gasteiger charge is 2.17. The lowest BCUT2D eigenvalue weighted by Crippen LogP contribution is -2.12. The van der Waals surface area contributed by atoms with Crippen molar-refractivity contribution in [3.05, 3.63) is 45.7 Å². The summed E-state index contributed by atoms with van der Waals surface area (Å²) in [6.45, 7) is 5.70. The van der Waals surface area contributed by atoms with Crippen LogP contribution in [0.5, 0.6) is 0 Å². The maximum atomic E-state index is 12.4. The predicted molar refractivity (Wildman–Crippen MR) is 90.7 cm³/mol. The van der Waals surface area contributed by atoms with Crippen molar-refractivity contribution in [3.63, 3.8) is 0 Å². The monoisotopic (exact) mass is 344 g/mol. The van der Waals surface area contributed by atoms with Crippen molar-refractivity contribution in [2.45, 2.75) is 20.8 Å². The lowest BCUT2D eigenvalue weighted by atomic mass is 10.2. The summed E-state index contributed by atoms with van der Waals surface area (Å²) in [7, 11) is 0. The van der Waals surface area contributed by atoms with Crippen molar-refractivity contribution < 1.29 is 14.3 Å². The van der Waals surface area contributed by atoms with Gasteiger partial charge in [0.2, 0.25) is 0 Å². The third-order valence-corrected chi connectivity index (χ3v) is 4.46. The van der Waals surface area contributed by atoms with Gasteiger partial charge in [0.1, 0.15) is 10.4 Å². The highest BCUT2D eigenvalue weighted by Crippen LogP contribution is 2.21. The molecule has 3 rings (SSSR count). The predicted octanol–water partition coefficient (Wildman–Crippen LogP) is 2.84. The number of amides is 1. The summed E-state index contributed by atoms with van der Waals surface area (Å²) < 4.78 is 6.58. The van der Waals surface area contributed by atoms with Crippen LogP contribution in [-0.2, 0) is 4.74 Å². The summed E-state index contributed by atoms with van der Waals surface area (Å²) in [4.78, 5) is 29.2. The second kappa shape index (κ2) is 6.40. The Kier molecular flexibility index (Phi) is 4.30. The van der Waals surface area contributed by atoms with Crippen LogP contribution in [0, 0.1) is 13.8 Å². The summed E-state index contributed by atoms with van der Waals surface area (Å²) in [5.74, 6) is -0.662. The fraction of sp³-hybridized carbons (Fsp3) is 0.250. The summed E-state index contributed by atoms with van der Waals surface area (Å²) in [6, 6.07) is 3.41. The number of anilines is 1. The standard InChI is InChI=1S/C16H16N4O3S/c1-4-23-16(22)12-8-17-20-6-5-11(7-13(12)20)19-15(21)14-9(2)18-10(3)24-14/h5-8H,4H2,1-3H3,(H,19,21). The van der Waals surface area contributed by atoms with E-state index in [9.17, 15) is 9.59 Å². The Bertz CT molecular complexity index is 929. The molecule has 0 aliphatic rings. The Morgan fingerprint density at radius 1 is 1.38 bits per heavy atom. The van der Waals surface area contributed by atoms with Gasteiger partial charge < -0.3 is 10.1 Å². The van der Waals surface area contributed by atoms with Crippen LogP contribution in [0.4, 0.5) is 5.69 Å². The highest BCUT2D eigenvalue weighted by molar-refractivity contribution is 7.13. The molecule has 0 radical (unpaired) electrons. The number of hydrogen-bond donors (Lipinski definition) is 1. The number of pyridine rings is 1. The molecule has 0 bridgehead atoms. The number of hydrogen-bond acceptors (Lipinski definition) is 6. The number of nitrogens with one attached hydrogen (secondary N) is 1. The average molecular weight is 344 g/mol. The normalized spacial score (nSPS) is 10.8. The minimum Gasteiger partial charge on any atom is -0.462 e. The third kappa shape index (κ3) is 3.00. The van der Waals surface area contributed by atoms with E-state index in [0.717, 1.165) is 5.01 Å². The highest BCUT2D eigenvalue weighted by atomic mass is 32.1. The van der Waals surface area contributed by atoms with Crippen LogP contribution in [0.2, 0.25) is 0 Å². The first kappa shape index (κ1) is 16.1. The number of nitrogens with zero attached hydrogens (tertiary/aromatic N) is 3. The molecule has 8 heteroatoms. The second-order valence-electron chi connectivity index (χ2n) is 5.13. The molecule has 1 amide bonds. The van der Waals surface area contributed by atoms with Crippen LogP contribution in [0.15, 0.2) is 24.5 Å². The number of thiazole rings is 1. The summed E-state index contributed by atoms with van der Waals surface area (Å²) in [6.07, 6.45) is 3.13. The Hall–Kier alpha value is -2.74. The van der Waals surface area contributed by atoms with Crippen LogP contribution in [0.25, 0.3) is 5.52 Å². The zero-order valence-corrected chi connectivity index (χ0v) is 14.3. The van der Waals surface area contributed by atoms with Gasteiger partial charge in [-0.1, -0.05) is 0 Å². The van der Waals surface area contributed by atoms with Crippen molar-refractivity contribution in [1.82, 2.24) is 14.6 Å². The lowest BCUT2D eigenvalue weighted by Gasteiger charge is -2.05. The minimum atomic E-state index is -0.440. The van der Waals surface area contributed by atoms with E-state index < -0.39 is 5.97 Å². The van der Waals surface area contributed by atoms with Crippen molar-refractivity contribution in [3.8, 4) is 0 Å². The van der Waals surface area contributed by atoms with E-state index in [1.807, 2.05) is 6.92 Å². The second-order valence-corrected chi connectivity index (χ2v) is 6.33. The summed E-state index contributed by atoms with van der Waals surface area (Å²) in [5.41, 5.74) is 2.21. The van der Waals surface area contributed by atoms with Gasteiger partial charge in [-0.05, 0) is 32.9 Å². The number of aryl methyl sites for hydroxylation is 2. The minimum absolute atomic E-state index is 0.223. The molecule has 0 aliphatic heterocycles. The van der Waals surface area contributed by atoms with Crippen LogP contribution in [-0.4, -0.2) is 33.1 Å². The number of esters is 1. The summed E-state index contributed by atoms with van der Waals surface area (Å²) >= 11 is 1.35. The van der Waals surface area contributed by atoms with Crippen molar-refractivity contribution in [2.24, 2.45) is 0 Å². The third-order valence-electron chi connectivity index (χ3n) is 3.38. The SMILES string of the molecule is CCOC(=O)c1cnn2ccc(NC(=O)c3sc(C)nc3C)cc12. The molecule has 3 aromatic heterocycles. The van der Waals surface area contributed by atoms with Gasteiger partial charge in [-0.3, -0.25) is 4.79 Å². The smallest absolute Gasteiger partial charge is 0.341 e. The molecule has 7 nitrogen and oxygen atoms in total. The number of aromatic nitrogens is 3. The molecule has 124 valence electrons. The molecule has 0 aromatic carbocycles. The first-order valence-corrected chi connectivity index (χ1v) is 8.21. The number of rotatable bonds is 4. The fourth-order valence-electron chi connectivity index (χ4n) is 2.35. The Labute approximate surface area is 142 Å². The van der Waals surface area contributed by atoms with Crippen molar-refractivity contribution >= 4 is 34.4 Å². The molecule has 0 unspecified atom stereocenters. The Morgan fingerprint density at radius 2 is 2.17 bits per heavy atom. The summed E-state index contributed by atoms with van der Waals surface area (Å²) in [5, 5.41) is 7.78. The molecular weight excluding hydrogens is 328 g/mol. The number of fused-ring (bicyclic) bond motifs is 1. The fourth-order valence-corrected chi connectivity index (χ4v) is 3.17. The molecule has 3 aromatic rings. The molecule has 0 atom stereocenters. The van der Waals surface area contributed by atoms with Gasteiger partial charge in [-0.15, -0.1) is 11.3 Å². The van der Waals surface area contributed by atoms with Gasteiger partial charge in [0.05, 0.1) is 29.0 Å². The number of carbonyl (C=O) groups is 2. The van der Waals surface area contributed by atoms with E-state index in [2.05, 4.69) is 15.4 Å². The van der Waals surface area contributed by atoms with E-state index in [4.69, 9.17) is 4.74 Å². The van der Waals surface area contributed by atoms with Crippen LogP contribution >= 0.6 is 11.3 Å². The topological polar surface area (TPSA) is 85.6 Å². The van der Waals surface area contributed by atoms with E-state index in [1.54, 1.807) is 36.7 Å². The van der Waals surface area contributed by atoms with Gasteiger partial charge in [0.25, 0.3) is 5.91 Å². The van der Waals surface area contributed by atoms with Crippen molar-refractivity contribution in [2.75, 3.05) is 11.9 Å². The first-order valence-electron chi connectivity index (χ1n) is 7.39. The average Bonchev–Trinajstić information content (AvgIpc) is 3.10. The molecule has 1 N–H and O–H groups in total. The molecule has 0 saturated heterocycles. The Morgan fingerprint density at radius 3 is 2.83 bits per heavy atom. The molecule has 24 heavy (non-hydrogen) atoms. The Balaban J connectivity index is 1.90. The zero-order valence-electron chi connectivity index (χ0n) is 13.5. The van der Waals surface area contributed by atoms with Crippen LogP contribution in [0.1, 0.15) is 37.7 Å². The number of carbonyl (C=O) groups excluding carboxylic acids is 2. The molecule has 0 aliphatic carbocycles. The van der Waals surface area contributed by atoms with E-state index in [0.29, 0.717) is 27.3 Å². The van der Waals surface area contributed by atoms with Crippen LogP contribution in [0.3, 0.4) is 0 Å². The van der Waals surface area contributed by atoms with Gasteiger partial charge in [0, 0.05) is 11.9 Å². The van der Waals surface area contributed by atoms with Crippen LogP contribution < -0.4 is 5.32 Å². The van der Waals surface area contributed by atoms with E-state index in [-0.39, 0.29) is 12.5 Å². The zero-order chi connectivity index (χ0) is 17.3. The molecule has 0 spiro atoms. The largest absolute Gasteiger partial charge is 0.462 e. The lowest BCUT2D eigenvalue weighted by molar-refractivity contribution is 0.0528. The molecule has 3 heterocycles. The maximum absolute atomic E-state index is 12.4. The molecule has 0 saturated carbocycles. The quantitative estimate of drug-likeness (QED) is 0.736.